The topological polar surface area (TPSA) is 49.3 Å². The molecule has 0 aromatic heterocycles. The molecule has 2 N–H and O–H groups in total. The summed E-state index contributed by atoms with van der Waals surface area (Å²) >= 11 is 0. The van der Waals surface area contributed by atoms with Gasteiger partial charge in [-0.15, -0.1) is 0 Å². The molecule has 174 valence electrons. The number of rotatable bonds is 21. The molecule has 0 saturated carbocycles. The number of hydrogen-bond donors (Lipinski definition) is 2. The number of nitrogens with one attached hydrogen (secondary N) is 1. The molecule has 0 aliphatic carbocycles. The summed E-state index contributed by atoms with van der Waals surface area (Å²) in [6.45, 7) is 3.07. The van der Waals surface area contributed by atoms with Gasteiger partial charge < -0.3 is 11.8 Å². The largest absolute Gasteiger partial charge is 1.00 e. The van der Waals surface area contributed by atoms with Gasteiger partial charge in [-0.05, 0) is 24.9 Å². The Labute approximate surface area is 215 Å². The predicted octanol–water partition coefficient (Wildman–Crippen LogP) is 4.65. The molecular weight excluding hydrogens is 393 g/mol. The van der Waals surface area contributed by atoms with Crippen LogP contribution in [-0.2, 0) is 11.2 Å². The van der Waals surface area contributed by atoms with E-state index in [-0.39, 0.29) is 31.0 Å². The minimum absolute atomic E-state index is 0. The molecule has 0 spiro atoms. The Balaban J connectivity index is 0. The number of carboxylic acid groups (broad SMARTS) is 1. The van der Waals surface area contributed by atoms with Gasteiger partial charge in [-0.3, -0.25) is 4.79 Å². The monoisotopic (exact) mass is 441 g/mol. The van der Waals surface area contributed by atoms with E-state index in [4.69, 9.17) is 0 Å². The number of carbonyl (C=O) groups is 1. The van der Waals surface area contributed by atoms with Gasteiger partial charge in [-0.2, -0.15) is 0 Å². The molecule has 0 bridgehead atoms. The molecule has 0 fully saturated rings. The fourth-order valence-corrected chi connectivity index (χ4v) is 4.05. The SMILES string of the molecule is CCCCCCCCCCCCCCCCCCN[C@@H](Cc1ccccc1)C(=O)O.[H-].[Na+]. The Morgan fingerprint density at radius 3 is 1.61 bits per heavy atom. The fourth-order valence-electron chi connectivity index (χ4n) is 4.05. The van der Waals surface area contributed by atoms with Crippen molar-refractivity contribution in [3.05, 3.63) is 35.9 Å². The van der Waals surface area contributed by atoms with Crippen LogP contribution in [0.15, 0.2) is 30.3 Å². The predicted molar refractivity (Wildman–Crippen MR) is 130 cm³/mol. The van der Waals surface area contributed by atoms with Crippen molar-refractivity contribution in [2.45, 2.75) is 122 Å². The summed E-state index contributed by atoms with van der Waals surface area (Å²) in [5.41, 5.74) is 1.07. The first-order chi connectivity index (χ1) is 14.7. The van der Waals surface area contributed by atoms with E-state index in [1.807, 2.05) is 30.3 Å². The summed E-state index contributed by atoms with van der Waals surface area (Å²) < 4.78 is 0. The van der Waals surface area contributed by atoms with Crippen LogP contribution in [0.4, 0.5) is 0 Å². The Bertz CT molecular complexity index is 516. The van der Waals surface area contributed by atoms with Crippen LogP contribution in [0.1, 0.15) is 117 Å². The van der Waals surface area contributed by atoms with Gasteiger partial charge in [0.05, 0.1) is 0 Å². The van der Waals surface area contributed by atoms with Gasteiger partial charge in [-0.25, -0.2) is 0 Å². The van der Waals surface area contributed by atoms with Crippen molar-refractivity contribution in [2.24, 2.45) is 0 Å². The van der Waals surface area contributed by atoms with Gasteiger partial charge in [-0.1, -0.05) is 134 Å². The molecule has 1 aromatic carbocycles. The van der Waals surface area contributed by atoms with Crippen LogP contribution >= 0.6 is 0 Å². The average molecular weight is 442 g/mol. The van der Waals surface area contributed by atoms with Crippen molar-refractivity contribution in [1.29, 1.82) is 0 Å². The Kier molecular flexibility index (Phi) is 22.6. The molecule has 0 unspecified atom stereocenters. The van der Waals surface area contributed by atoms with Gasteiger partial charge >= 0.3 is 35.5 Å². The second kappa shape index (κ2) is 22.8. The van der Waals surface area contributed by atoms with Crippen LogP contribution in [-0.4, -0.2) is 23.7 Å². The van der Waals surface area contributed by atoms with Gasteiger partial charge in [0.25, 0.3) is 0 Å². The maximum absolute atomic E-state index is 11.4. The molecule has 0 amide bonds. The summed E-state index contributed by atoms with van der Waals surface area (Å²) in [7, 11) is 0. The van der Waals surface area contributed by atoms with Crippen LogP contribution in [0.2, 0.25) is 0 Å². The third-order valence-electron chi connectivity index (χ3n) is 6.00. The third-order valence-corrected chi connectivity index (χ3v) is 6.00. The van der Waals surface area contributed by atoms with Crippen LogP contribution in [0, 0.1) is 0 Å². The molecule has 0 saturated heterocycles. The summed E-state index contributed by atoms with van der Waals surface area (Å²) in [6.07, 6.45) is 22.3. The molecule has 3 nitrogen and oxygen atoms in total. The molecule has 0 aliphatic heterocycles. The standard InChI is InChI=1S/C27H47NO2.Na.H/c1-2-3-4-5-6-7-8-9-10-11-12-13-14-15-16-20-23-28-26(27(29)30)24-25-21-18-17-19-22-25;;/h17-19,21-22,26,28H,2-16,20,23-24H2,1H3,(H,29,30);;/q;+1;-1/t26-;;/m0../s1. The maximum atomic E-state index is 11.4. The van der Waals surface area contributed by atoms with Gasteiger partial charge in [0.2, 0.25) is 0 Å². The molecule has 31 heavy (non-hydrogen) atoms. The molecule has 1 rings (SSSR count). The maximum Gasteiger partial charge on any atom is 1.00 e. The zero-order valence-corrected chi connectivity index (χ0v) is 22.5. The summed E-state index contributed by atoms with van der Waals surface area (Å²) in [5, 5.41) is 12.6. The van der Waals surface area contributed by atoms with Crippen LogP contribution in [0.5, 0.6) is 0 Å². The van der Waals surface area contributed by atoms with Crippen LogP contribution in [0.25, 0.3) is 0 Å². The zero-order valence-electron chi connectivity index (χ0n) is 21.5. The second-order valence-corrected chi connectivity index (χ2v) is 8.84. The summed E-state index contributed by atoms with van der Waals surface area (Å²) in [6, 6.07) is 9.39. The van der Waals surface area contributed by atoms with Crippen molar-refractivity contribution >= 4 is 5.97 Å². The Morgan fingerprint density at radius 1 is 0.774 bits per heavy atom. The molecule has 4 heteroatoms. The number of aliphatic carboxylic acids is 1. The zero-order chi connectivity index (χ0) is 21.7. The number of hydrogen-bond acceptors (Lipinski definition) is 2. The van der Waals surface area contributed by atoms with Crippen molar-refractivity contribution in [2.75, 3.05) is 6.54 Å². The van der Waals surface area contributed by atoms with Crippen molar-refractivity contribution in [1.82, 2.24) is 5.32 Å². The van der Waals surface area contributed by atoms with E-state index in [0.717, 1.165) is 18.5 Å². The smallest absolute Gasteiger partial charge is 1.00 e. The molecular formula is C27H48NNaO2. The molecule has 0 radical (unpaired) electrons. The van der Waals surface area contributed by atoms with Gasteiger partial charge in [0.15, 0.2) is 0 Å². The van der Waals surface area contributed by atoms with E-state index in [0.29, 0.717) is 6.42 Å². The van der Waals surface area contributed by atoms with Crippen molar-refractivity contribution in [3.63, 3.8) is 0 Å². The number of carboxylic acids is 1. The Hall–Kier alpha value is -0.350. The van der Waals surface area contributed by atoms with Gasteiger partial charge in [0, 0.05) is 0 Å². The minimum Gasteiger partial charge on any atom is -1.00 e. The van der Waals surface area contributed by atoms with Crippen molar-refractivity contribution in [3.8, 4) is 0 Å². The third kappa shape index (κ3) is 18.9. The molecule has 0 heterocycles. The minimum atomic E-state index is -0.754. The summed E-state index contributed by atoms with van der Waals surface area (Å²) in [5.74, 6) is -0.754. The van der Waals surface area contributed by atoms with E-state index in [1.165, 1.54) is 96.3 Å². The fraction of sp³-hybridized carbons (Fsp3) is 0.741. The first kappa shape index (κ1) is 30.6. The van der Waals surface area contributed by atoms with E-state index in [1.54, 1.807) is 0 Å². The van der Waals surface area contributed by atoms with Crippen LogP contribution in [0.3, 0.4) is 0 Å². The first-order valence-electron chi connectivity index (χ1n) is 12.7. The van der Waals surface area contributed by atoms with Crippen molar-refractivity contribution < 1.29 is 40.9 Å². The quantitative estimate of drug-likeness (QED) is 0.216. The average Bonchev–Trinajstić information content (AvgIpc) is 2.75. The molecule has 1 atom stereocenters. The first-order valence-corrected chi connectivity index (χ1v) is 12.7. The number of benzene rings is 1. The Morgan fingerprint density at radius 2 is 1.19 bits per heavy atom. The number of unbranched alkanes of at least 4 members (excludes halogenated alkanes) is 15. The van der Waals surface area contributed by atoms with E-state index >= 15 is 0 Å². The van der Waals surface area contributed by atoms with Crippen LogP contribution < -0.4 is 34.9 Å². The molecule has 1 aromatic rings. The second-order valence-electron chi connectivity index (χ2n) is 8.84. The summed E-state index contributed by atoms with van der Waals surface area (Å²) in [4.78, 5) is 11.4. The normalized spacial score (nSPS) is 11.8. The van der Waals surface area contributed by atoms with E-state index in [2.05, 4.69) is 12.2 Å². The van der Waals surface area contributed by atoms with Gasteiger partial charge in [0.1, 0.15) is 6.04 Å². The van der Waals surface area contributed by atoms with E-state index in [9.17, 15) is 9.90 Å². The van der Waals surface area contributed by atoms with E-state index < -0.39 is 12.0 Å². The molecule has 0 aliphatic rings.